The zero-order chi connectivity index (χ0) is 27.9. The third-order valence-corrected chi connectivity index (χ3v) is 7.26. The van der Waals surface area contributed by atoms with Gasteiger partial charge in [0.05, 0.1) is 19.7 Å². The smallest absolute Gasteiger partial charge is 0.247 e. The first-order chi connectivity index (χ1) is 19.6. The Morgan fingerprint density at radius 3 is 2.35 bits per heavy atom. The number of amides is 2. The summed E-state index contributed by atoms with van der Waals surface area (Å²) in [5.74, 6) is 0.940. The first-order valence-electron chi connectivity index (χ1n) is 13.4. The molecule has 0 spiro atoms. The van der Waals surface area contributed by atoms with Gasteiger partial charge in [0.25, 0.3) is 0 Å². The van der Waals surface area contributed by atoms with Gasteiger partial charge in [0, 0.05) is 12.2 Å². The van der Waals surface area contributed by atoms with Crippen LogP contribution in [-0.2, 0) is 22.7 Å². The number of carbonyl (C=O) groups excluding carboxylic acids is 2. The van der Waals surface area contributed by atoms with Crippen LogP contribution in [0.1, 0.15) is 24.8 Å². The van der Waals surface area contributed by atoms with E-state index in [1.54, 1.807) is 48.1 Å². The lowest BCUT2D eigenvalue weighted by Crippen LogP contribution is -2.52. The van der Waals surface area contributed by atoms with Gasteiger partial charge in [-0.25, -0.2) is 4.68 Å². The normalized spacial score (nSPS) is 15.4. The average molecular weight is 540 g/mol. The van der Waals surface area contributed by atoms with E-state index in [1.807, 2.05) is 48.5 Å². The van der Waals surface area contributed by atoms with Crippen molar-refractivity contribution in [3.05, 3.63) is 90.5 Å². The van der Waals surface area contributed by atoms with Gasteiger partial charge in [0.15, 0.2) is 0 Å². The summed E-state index contributed by atoms with van der Waals surface area (Å²) < 4.78 is 12.2. The lowest BCUT2D eigenvalue weighted by molar-refractivity contribution is -0.142. The van der Waals surface area contributed by atoms with Gasteiger partial charge in [-0.2, -0.15) is 0 Å². The van der Waals surface area contributed by atoms with E-state index in [2.05, 4.69) is 27.8 Å². The molecule has 1 heterocycles. The molecule has 0 bridgehead atoms. The minimum Gasteiger partial charge on any atom is -0.497 e. The Kier molecular flexibility index (Phi) is 8.39. The Bertz CT molecular complexity index is 1480. The molecule has 0 fully saturated rings. The zero-order valence-electron chi connectivity index (χ0n) is 22.7. The number of anilines is 1. The van der Waals surface area contributed by atoms with Crippen LogP contribution < -0.4 is 14.8 Å². The van der Waals surface area contributed by atoms with Crippen LogP contribution in [0.25, 0.3) is 11.0 Å². The van der Waals surface area contributed by atoms with Crippen molar-refractivity contribution in [1.29, 1.82) is 0 Å². The molecule has 4 aromatic rings. The summed E-state index contributed by atoms with van der Waals surface area (Å²) in [4.78, 5) is 29.8. The number of para-hydroxylation sites is 1. The molecule has 0 saturated carbocycles. The van der Waals surface area contributed by atoms with Crippen molar-refractivity contribution >= 4 is 28.5 Å². The van der Waals surface area contributed by atoms with Crippen LogP contribution in [0.2, 0.25) is 0 Å². The van der Waals surface area contributed by atoms with Gasteiger partial charge in [-0.05, 0) is 79.3 Å². The topological polar surface area (TPSA) is 98.6 Å². The Morgan fingerprint density at radius 2 is 1.68 bits per heavy atom. The first kappa shape index (κ1) is 26.9. The summed E-state index contributed by atoms with van der Waals surface area (Å²) in [6.45, 7) is 0.224. The standard InChI is InChI=1S/C31H33N5O4/c1-39-25-16-12-22(13-17-25)20-35(29(37)21-36-28-11-7-6-10-27(28)33-34-36)30(23-8-4-3-5-9-23)31(38)32-24-14-18-26(40-2)19-15-24/h3-4,6-7,10-19,23,30H,5,8-9,20-21H2,1-2H3,(H,32,38)/t23-,30+/m0/s1. The van der Waals surface area contributed by atoms with Crippen molar-refractivity contribution in [2.45, 2.75) is 38.4 Å². The van der Waals surface area contributed by atoms with Crippen molar-refractivity contribution in [3.63, 3.8) is 0 Å². The first-order valence-corrected chi connectivity index (χ1v) is 13.4. The largest absolute Gasteiger partial charge is 0.497 e. The van der Waals surface area contributed by atoms with Gasteiger partial charge in [-0.3, -0.25) is 9.59 Å². The quantitative estimate of drug-likeness (QED) is 0.290. The number of benzene rings is 3. The molecule has 9 heteroatoms. The summed E-state index contributed by atoms with van der Waals surface area (Å²) in [6.07, 6.45) is 6.60. The summed E-state index contributed by atoms with van der Waals surface area (Å²) >= 11 is 0. The maximum Gasteiger partial charge on any atom is 0.247 e. The third kappa shape index (κ3) is 6.14. The molecule has 2 amide bonds. The zero-order valence-corrected chi connectivity index (χ0v) is 22.7. The monoisotopic (exact) mass is 539 g/mol. The van der Waals surface area contributed by atoms with Gasteiger partial charge in [-0.15, -0.1) is 5.10 Å². The lowest BCUT2D eigenvalue weighted by atomic mass is 9.85. The summed E-state index contributed by atoms with van der Waals surface area (Å²) in [6, 6.07) is 21.6. The highest BCUT2D eigenvalue weighted by atomic mass is 16.5. The molecule has 2 atom stereocenters. The predicted molar refractivity (Wildman–Crippen MR) is 153 cm³/mol. The average Bonchev–Trinajstić information content (AvgIpc) is 3.40. The number of allylic oxidation sites excluding steroid dienone is 2. The molecule has 9 nitrogen and oxygen atoms in total. The molecular weight excluding hydrogens is 506 g/mol. The highest BCUT2D eigenvalue weighted by Gasteiger charge is 2.37. The highest BCUT2D eigenvalue weighted by molar-refractivity contribution is 5.97. The van der Waals surface area contributed by atoms with E-state index in [1.165, 1.54) is 0 Å². The molecular formula is C31H33N5O4. The Morgan fingerprint density at radius 1 is 0.975 bits per heavy atom. The van der Waals surface area contributed by atoms with E-state index in [0.717, 1.165) is 29.7 Å². The van der Waals surface area contributed by atoms with Crippen LogP contribution in [0.5, 0.6) is 11.5 Å². The van der Waals surface area contributed by atoms with Crippen molar-refractivity contribution in [2.75, 3.05) is 19.5 Å². The van der Waals surface area contributed by atoms with Crippen molar-refractivity contribution < 1.29 is 19.1 Å². The Balaban J connectivity index is 1.49. The van der Waals surface area contributed by atoms with Crippen molar-refractivity contribution in [3.8, 4) is 11.5 Å². The second kappa shape index (κ2) is 12.5. The van der Waals surface area contributed by atoms with Crippen LogP contribution in [-0.4, -0.2) is 52.0 Å². The predicted octanol–water partition coefficient (Wildman–Crippen LogP) is 4.84. The number of nitrogens with one attached hydrogen (secondary N) is 1. The minimum absolute atomic E-state index is 0.0362. The second-order valence-electron chi connectivity index (χ2n) is 9.81. The summed E-state index contributed by atoms with van der Waals surface area (Å²) in [7, 11) is 3.21. The Hall–Kier alpha value is -4.66. The van der Waals surface area contributed by atoms with Crippen molar-refractivity contribution in [2.24, 2.45) is 5.92 Å². The van der Waals surface area contributed by atoms with Crippen LogP contribution >= 0.6 is 0 Å². The number of rotatable bonds is 10. The highest BCUT2D eigenvalue weighted by Crippen LogP contribution is 2.29. The molecule has 1 N–H and O–H groups in total. The maximum atomic E-state index is 14.1. The van der Waals surface area contributed by atoms with E-state index in [9.17, 15) is 9.59 Å². The van der Waals surface area contributed by atoms with Crippen LogP contribution in [0.15, 0.2) is 84.9 Å². The molecule has 3 aromatic carbocycles. The fourth-order valence-electron chi connectivity index (χ4n) is 5.13. The molecule has 0 aliphatic heterocycles. The molecule has 0 saturated heterocycles. The van der Waals surface area contributed by atoms with Gasteiger partial charge >= 0.3 is 0 Å². The third-order valence-electron chi connectivity index (χ3n) is 7.26. The molecule has 1 aliphatic carbocycles. The SMILES string of the molecule is COc1ccc(CN(C(=O)Cn2nnc3ccccc32)[C@@H](C(=O)Nc2ccc(OC)cc2)[C@H]2CC=CCC2)cc1. The van der Waals surface area contributed by atoms with Crippen LogP contribution in [0, 0.1) is 5.92 Å². The number of nitrogens with zero attached hydrogens (tertiary/aromatic N) is 4. The fraction of sp³-hybridized carbons (Fsp3) is 0.290. The maximum absolute atomic E-state index is 14.1. The van der Waals surface area contributed by atoms with E-state index < -0.39 is 6.04 Å². The van der Waals surface area contributed by atoms with E-state index in [-0.39, 0.29) is 30.8 Å². The Labute approximate surface area is 233 Å². The van der Waals surface area contributed by atoms with E-state index in [0.29, 0.717) is 23.4 Å². The fourth-order valence-corrected chi connectivity index (χ4v) is 5.13. The number of methoxy groups -OCH3 is 2. The van der Waals surface area contributed by atoms with E-state index in [4.69, 9.17) is 9.47 Å². The molecule has 1 aromatic heterocycles. The van der Waals surface area contributed by atoms with Crippen LogP contribution in [0.4, 0.5) is 5.69 Å². The minimum atomic E-state index is -0.698. The van der Waals surface area contributed by atoms with E-state index >= 15 is 0 Å². The lowest BCUT2D eigenvalue weighted by Gasteiger charge is -2.37. The summed E-state index contributed by atoms with van der Waals surface area (Å²) in [5, 5.41) is 11.5. The summed E-state index contributed by atoms with van der Waals surface area (Å²) in [5.41, 5.74) is 3.01. The number of carbonyl (C=O) groups is 2. The number of fused-ring (bicyclic) bond motifs is 1. The molecule has 1 aliphatic rings. The number of hydrogen-bond donors (Lipinski definition) is 1. The second-order valence-corrected chi connectivity index (χ2v) is 9.81. The van der Waals surface area contributed by atoms with Gasteiger partial charge < -0.3 is 19.7 Å². The molecule has 206 valence electrons. The molecule has 0 radical (unpaired) electrons. The number of hydrogen-bond acceptors (Lipinski definition) is 6. The van der Waals surface area contributed by atoms with Crippen molar-refractivity contribution in [1.82, 2.24) is 19.9 Å². The van der Waals surface area contributed by atoms with Gasteiger partial charge in [-0.1, -0.05) is 41.6 Å². The van der Waals surface area contributed by atoms with Gasteiger partial charge in [0.1, 0.15) is 29.6 Å². The number of aromatic nitrogens is 3. The van der Waals surface area contributed by atoms with Crippen LogP contribution in [0.3, 0.4) is 0 Å². The molecule has 40 heavy (non-hydrogen) atoms. The number of ether oxygens (including phenoxy) is 2. The van der Waals surface area contributed by atoms with Gasteiger partial charge in [0.2, 0.25) is 11.8 Å². The molecule has 5 rings (SSSR count). The molecule has 0 unspecified atom stereocenters.